The van der Waals surface area contributed by atoms with Crippen molar-refractivity contribution < 1.29 is 19.4 Å². The van der Waals surface area contributed by atoms with Crippen molar-refractivity contribution in [2.45, 2.75) is 0 Å². The molecule has 0 aliphatic carbocycles. The van der Waals surface area contributed by atoms with Crippen molar-refractivity contribution in [2.75, 3.05) is 33.3 Å². The van der Waals surface area contributed by atoms with Gasteiger partial charge in [0.2, 0.25) is 0 Å². The third-order valence-electron chi connectivity index (χ3n) is 4.48. The topological polar surface area (TPSA) is 77.1 Å². The van der Waals surface area contributed by atoms with Gasteiger partial charge in [0.15, 0.2) is 0 Å². The highest BCUT2D eigenvalue weighted by Crippen LogP contribution is 2.15. The van der Waals surface area contributed by atoms with E-state index >= 15 is 0 Å². The van der Waals surface area contributed by atoms with Gasteiger partial charge >= 0.3 is 0 Å². The number of nitro benzene ring substituents is 1. The minimum absolute atomic E-state index is 0.0189. The molecule has 0 saturated carbocycles. The molecule has 1 amide bonds. The lowest BCUT2D eigenvalue weighted by Crippen LogP contribution is -3.10. The SMILES string of the molecule is COc1ccc(C(=O)N2CC[NH+](c3ccc([N+](=O)[O-])cc3)CC2)cc1. The highest BCUT2D eigenvalue weighted by molar-refractivity contribution is 5.94. The molecule has 7 nitrogen and oxygen atoms in total. The highest BCUT2D eigenvalue weighted by Gasteiger charge is 2.26. The van der Waals surface area contributed by atoms with Crippen LogP contribution in [0.4, 0.5) is 11.4 Å². The zero-order valence-electron chi connectivity index (χ0n) is 14.0. The molecule has 3 rings (SSSR count). The Hall–Kier alpha value is -2.93. The van der Waals surface area contributed by atoms with E-state index in [-0.39, 0.29) is 11.6 Å². The van der Waals surface area contributed by atoms with Crippen LogP contribution in [0.3, 0.4) is 0 Å². The first-order chi connectivity index (χ1) is 12.1. The zero-order valence-corrected chi connectivity index (χ0v) is 14.0. The Morgan fingerprint density at radius 1 is 1.08 bits per heavy atom. The molecule has 0 radical (unpaired) electrons. The molecule has 2 aromatic carbocycles. The Labute approximate surface area is 145 Å². The van der Waals surface area contributed by atoms with Crippen LogP contribution in [0.5, 0.6) is 5.75 Å². The molecule has 0 bridgehead atoms. The Morgan fingerprint density at radius 2 is 1.68 bits per heavy atom. The molecule has 7 heteroatoms. The molecule has 2 aromatic rings. The molecule has 1 aliphatic heterocycles. The Bertz CT molecular complexity index is 751. The first kappa shape index (κ1) is 16.9. The molecule has 1 fully saturated rings. The summed E-state index contributed by atoms with van der Waals surface area (Å²) in [6.07, 6.45) is 0. The molecule has 1 aliphatic rings. The number of rotatable bonds is 4. The predicted octanol–water partition coefficient (Wildman–Crippen LogP) is 1.28. The van der Waals surface area contributed by atoms with Crippen LogP contribution in [0.2, 0.25) is 0 Å². The van der Waals surface area contributed by atoms with Gasteiger partial charge in [0.25, 0.3) is 11.6 Å². The van der Waals surface area contributed by atoms with Crippen LogP contribution in [-0.4, -0.2) is 49.0 Å². The molecule has 1 heterocycles. The van der Waals surface area contributed by atoms with Crippen molar-refractivity contribution in [2.24, 2.45) is 0 Å². The second-order valence-electron chi connectivity index (χ2n) is 5.93. The average molecular weight is 342 g/mol. The van der Waals surface area contributed by atoms with Crippen molar-refractivity contribution in [3.63, 3.8) is 0 Å². The number of hydrogen-bond donors (Lipinski definition) is 1. The third kappa shape index (κ3) is 3.77. The number of nitrogens with one attached hydrogen (secondary N) is 1. The van der Waals surface area contributed by atoms with Gasteiger partial charge in [-0.3, -0.25) is 19.8 Å². The van der Waals surface area contributed by atoms with Crippen LogP contribution >= 0.6 is 0 Å². The summed E-state index contributed by atoms with van der Waals surface area (Å²) in [4.78, 5) is 26.0. The van der Waals surface area contributed by atoms with Gasteiger partial charge in [-0.25, -0.2) is 0 Å². The van der Waals surface area contributed by atoms with Gasteiger partial charge in [-0.05, 0) is 24.3 Å². The molecule has 130 valence electrons. The van der Waals surface area contributed by atoms with E-state index < -0.39 is 4.92 Å². The summed E-state index contributed by atoms with van der Waals surface area (Å²) in [5.41, 5.74) is 1.76. The lowest BCUT2D eigenvalue weighted by molar-refractivity contribution is -0.837. The normalized spacial score (nSPS) is 15.0. The van der Waals surface area contributed by atoms with Gasteiger partial charge in [-0.2, -0.15) is 0 Å². The Kier molecular flexibility index (Phi) is 4.95. The lowest BCUT2D eigenvalue weighted by Gasteiger charge is -2.32. The molecule has 25 heavy (non-hydrogen) atoms. The first-order valence-electron chi connectivity index (χ1n) is 8.11. The van der Waals surface area contributed by atoms with E-state index in [1.54, 1.807) is 43.5 Å². The van der Waals surface area contributed by atoms with Crippen molar-refractivity contribution >= 4 is 17.3 Å². The fourth-order valence-electron chi connectivity index (χ4n) is 3.00. The van der Waals surface area contributed by atoms with Crippen LogP contribution in [-0.2, 0) is 0 Å². The smallest absolute Gasteiger partial charge is 0.269 e. The summed E-state index contributed by atoms with van der Waals surface area (Å²) in [6, 6.07) is 13.7. The van der Waals surface area contributed by atoms with Crippen LogP contribution in [0.15, 0.2) is 48.5 Å². The van der Waals surface area contributed by atoms with Crippen LogP contribution in [0.25, 0.3) is 0 Å². The predicted molar refractivity (Wildman–Crippen MR) is 92.4 cm³/mol. The number of carbonyl (C=O) groups excluding carboxylic acids is 1. The first-order valence-corrected chi connectivity index (χ1v) is 8.11. The summed E-state index contributed by atoms with van der Waals surface area (Å²) in [7, 11) is 1.59. The van der Waals surface area contributed by atoms with E-state index in [0.717, 1.165) is 24.5 Å². The third-order valence-corrected chi connectivity index (χ3v) is 4.48. The number of non-ortho nitro benzene ring substituents is 1. The van der Waals surface area contributed by atoms with E-state index in [0.29, 0.717) is 18.7 Å². The highest BCUT2D eigenvalue weighted by atomic mass is 16.6. The van der Waals surface area contributed by atoms with Crippen molar-refractivity contribution in [3.8, 4) is 5.75 Å². The van der Waals surface area contributed by atoms with E-state index in [1.807, 2.05) is 4.90 Å². The second-order valence-corrected chi connectivity index (χ2v) is 5.93. The maximum Gasteiger partial charge on any atom is 0.269 e. The van der Waals surface area contributed by atoms with Crippen molar-refractivity contribution in [1.29, 1.82) is 0 Å². The van der Waals surface area contributed by atoms with Crippen LogP contribution < -0.4 is 9.64 Å². The number of nitro groups is 1. The number of nitrogens with zero attached hydrogens (tertiary/aromatic N) is 2. The van der Waals surface area contributed by atoms with Crippen molar-refractivity contribution in [3.05, 3.63) is 64.2 Å². The molecule has 0 aromatic heterocycles. The van der Waals surface area contributed by atoms with Gasteiger partial charge in [-0.15, -0.1) is 0 Å². The molecular formula is C18H20N3O4+. The van der Waals surface area contributed by atoms with Gasteiger partial charge < -0.3 is 9.64 Å². The second kappa shape index (κ2) is 7.31. The molecular weight excluding hydrogens is 322 g/mol. The number of hydrogen-bond acceptors (Lipinski definition) is 4. The summed E-state index contributed by atoms with van der Waals surface area (Å²) in [5, 5.41) is 10.7. The molecule has 1 N–H and O–H groups in total. The van der Waals surface area contributed by atoms with Gasteiger partial charge in [0.1, 0.15) is 11.4 Å². The summed E-state index contributed by atoms with van der Waals surface area (Å²) < 4.78 is 5.11. The van der Waals surface area contributed by atoms with E-state index in [4.69, 9.17) is 4.74 Å². The standard InChI is InChI=1S/C18H19N3O4/c1-25-17-8-2-14(3-9-17)18(22)20-12-10-19(11-13-20)15-4-6-16(7-5-15)21(23)24/h2-9H,10-13H2,1H3/p+1. The van der Waals surface area contributed by atoms with Crippen LogP contribution in [0, 0.1) is 10.1 Å². The minimum Gasteiger partial charge on any atom is -0.497 e. The van der Waals surface area contributed by atoms with E-state index in [9.17, 15) is 14.9 Å². The fourth-order valence-corrected chi connectivity index (χ4v) is 3.00. The Balaban J connectivity index is 1.60. The van der Waals surface area contributed by atoms with Crippen LogP contribution in [0.1, 0.15) is 10.4 Å². The largest absolute Gasteiger partial charge is 0.497 e. The summed E-state index contributed by atoms with van der Waals surface area (Å²) in [5.74, 6) is 0.745. The number of piperazine rings is 1. The maximum absolute atomic E-state index is 12.6. The molecule has 0 spiro atoms. The van der Waals surface area contributed by atoms with Gasteiger partial charge in [-0.1, -0.05) is 0 Å². The van der Waals surface area contributed by atoms with E-state index in [1.165, 1.54) is 17.0 Å². The fraction of sp³-hybridized carbons (Fsp3) is 0.278. The quantitative estimate of drug-likeness (QED) is 0.671. The number of benzene rings is 2. The monoisotopic (exact) mass is 342 g/mol. The lowest BCUT2D eigenvalue weighted by atomic mass is 10.1. The Morgan fingerprint density at radius 3 is 2.20 bits per heavy atom. The van der Waals surface area contributed by atoms with Gasteiger partial charge in [0.05, 0.1) is 38.2 Å². The molecule has 0 unspecified atom stereocenters. The molecule has 0 atom stereocenters. The summed E-state index contributed by atoms with van der Waals surface area (Å²) in [6.45, 7) is 2.85. The van der Waals surface area contributed by atoms with Gasteiger partial charge in [0, 0.05) is 29.8 Å². The molecule has 1 saturated heterocycles. The number of quaternary nitrogens is 1. The average Bonchev–Trinajstić information content (AvgIpc) is 2.67. The van der Waals surface area contributed by atoms with Crippen molar-refractivity contribution in [1.82, 2.24) is 4.90 Å². The number of amides is 1. The summed E-state index contributed by atoms with van der Waals surface area (Å²) >= 11 is 0. The number of carbonyl (C=O) groups is 1. The minimum atomic E-state index is -0.398. The zero-order chi connectivity index (χ0) is 17.8. The van der Waals surface area contributed by atoms with E-state index in [2.05, 4.69) is 0 Å². The number of methoxy groups -OCH3 is 1. The number of ether oxygens (including phenoxy) is 1. The maximum atomic E-state index is 12.6.